The SMILES string of the molecule is CC1(c2ccccc2)NC(=O)CN(C2CC2(C)C)C1=O. The lowest BCUT2D eigenvalue weighted by molar-refractivity contribution is -0.150. The maximum atomic E-state index is 12.9. The van der Waals surface area contributed by atoms with Crippen LogP contribution in [-0.2, 0) is 15.1 Å². The first kappa shape index (κ1) is 13.2. The molecule has 1 aliphatic heterocycles. The van der Waals surface area contributed by atoms with E-state index in [9.17, 15) is 9.59 Å². The number of rotatable bonds is 2. The van der Waals surface area contributed by atoms with Gasteiger partial charge in [0.2, 0.25) is 5.91 Å². The number of hydrogen-bond donors (Lipinski definition) is 1. The molecule has 4 nitrogen and oxygen atoms in total. The molecule has 2 unspecified atom stereocenters. The molecule has 2 aliphatic rings. The summed E-state index contributed by atoms with van der Waals surface area (Å²) in [4.78, 5) is 26.7. The first-order valence-electron chi connectivity index (χ1n) is 7.02. The minimum atomic E-state index is -0.949. The zero-order valence-electron chi connectivity index (χ0n) is 12.1. The summed E-state index contributed by atoms with van der Waals surface area (Å²) in [5.74, 6) is -0.0856. The molecule has 1 aliphatic carbocycles. The van der Waals surface area contributed by atoms with Crippen molar-refractivity contribution in [3.05, 3.63) is 35.9 Å². The van der Waals surface area contributed by atoms with Crippen molar-refractivity contribution in [2.24, 2.45) is 5.41 Å². The maximum absolute atomic E-state index is 12.9. The van der Waals surface area contributed by atoms with Crippen LogP contribution in [0.15, 0.2) is 30.3 Å². The van der Waals surface area contributed by atoms with E-state index >= 15 is 0 Å². The Kier molecular flexibility index (Phi) is 2.68. The summed E-state index contributed by atoms with van der Waals surface area (Å²) in [7, 11) is 0. The summed E-state index contributed by atoms with van der Waals surface area (Å²) in [5.41, 5.74) is 0.0154. The van der Waals surface area contributed by atoms with Gasteiger partial charge in [0.15, 0.2) is 0 Å². The molecule has 1 saturated carbocycles. The zero-order chi connectivity index (χ0) is 14.5. The lowest BCUT2D eigenvalue weighted by Crippen LogP contribution is -2.64. The van der Waals surface area contributed by atoms with Crippen molar-refractivity contribution in [2.75, 3.05) is 6.54 Å². The summed E-state index contributed by atoms with van der Waals surface area (Å²) in [6.07, 6.45) is 0.969. The fraction of sp³-hybridized carbons (Fsp3) is 0.500. The third-order valence-corrected chi connectivity index (χ3v) is 4.58. The van der Waals surface area contributed by atoms with E-state index in [1.165, 1.54) is 0 Å². The predicted octanol–water partition coefficient (Wildman–Crippen LogP) is 1.66. The third kappa shape index (κ3) is 1.90. The Labute approximate surface area is 119 Å². The number of hydrogen-bond acceptors (Lipinski definition) is 2. The van der Waals surface area contributed by atoms with Crippen LogP contribution in [0.2, 0.25) is 0 Å². The summed E-state index contributed by atoms with van der Waals surface area (Å²) in [6.45, 7) is 6.24. The van der Waals surface area contributed by atoms with Crippen LogP contribution < -0.4 is 5.32 Å². The Morgan fingerprint density at radius 3 is 2.30 bits per heavy atom. The molecule has 1 aromatic rings. The Morgan fingerprint density at radius 1 is 1.15 bits per heavy atom. The molecule has 0 bridgehead atoms. The summed E-state index contributed by atoms with van der Waals surface area (Å²) < 4.78 is 0. The molecular formula is C16H20N2O2. The van der Waals surface area contributed by atoms with Crippen LogP contribution in [-0.4, -0.2) is 29.3 Å². The minimum absolute atomic E-state index is 0.00104. The molecule has 2 amide bonds. The highest BCUT2D eigenvalue weighted by molar-refractivity contribution is 5.98. The fourth-order valence-corrected chi connectivity index (χ4v) is 3.08. The molecule has 1 aromatic carbocycles. The summed E-state index contributed by atoms with van der Waals surface area (Å²) in [5, 5.41) is 2.87. The summed E-state index contributed by atoms with van der Waals surface area (Å²) in [6, 6.07) is 9.65. The molecule has 2 atom stereocenters. The number of piperazine rings is 1. The van der Waals surface area contributed by atoms with Gasteiger partial charge >= 0.3 is 0 Å². The Morgan fingerprint density at radius 2 is 1.75 bits per heavy atom. The van der Waals surface area contributed by atoms with Gasteiger partial charge in [0.05, 0.1) is 6.54 Å². The van der Waals surface area contributed by atoms with E-state index in [1.54, 1.807) is 11.8 Å². The Balaban J connectivity index is 1.95. The van der Waals surface area contributed by atoms with Crippen molar-refractivity contribution in [3.63, 3.8) is 0 Å². The second-order valence-electron chi connectivity index (χ2n) is 6.68. The van der Waals surface area contributed by atoms with Gasteiger partial charge in [0.1, 0.15) is 5.54 Å². The van der Waals surface area contributed by atoms with Crippen molar-refractivity contribution >= 4 is 11.8 Å². The second kappa shape index (κ2) is 4.08. The molecular weight excluding hydrogens is 252 g/mol. The Hall–Kier alpha value is -1.84. The predicted molar refractivity (Wildman–Crippen MR) is 75.8 cm³/mol. The standard InChI is InChI=1S/C16H20N2O2/c1-15(2)9-12(15)18-10-13(19)17-16(3,14(18)20)11-7-5-4-6-8-11/h4-8,12H,9-10H2,1-3H3,(H,17,19). The monoisotopic (exact) mass is 272 g/mol. The average Bonchev–Trinajstić information content (AvgIpc) is 3.04. The molecule has 0 radical (unpaired) electrons. The fourth-order valence-electron chi connectivity index (χ4n) is 3.08. The normalized spacial score (nSPS) is 31.9. The van der Waals surface area contributed by atoms with Gasteiger partial charge in [0.25, 0.3) is 5.91 Å². The number of carbonyl (C=O) groups excluding carboxylic acids is 2. The average molecular weight is 272 g/mol. The largest absolute Gasteiger partial charge is 0.337 e. The van der Waals surface area contributed by atoms with E-state index in [2.05, 4.69) is 19.2 Å². The van der Waals surface area contributed by atoms with Crippen molar-refractivity contribution in [3.8, 4) is 0 Å². The number of nitrogens with zero attached hydrogens (tertiary/aromatic N) is 1. The molecule has 4 heteroatoms. The van der Waals surface area contributed by atoms with Gasteiger partial charge in [-0.2, -0.15) is 0 Å². The molecule has 1 saturated heterocycles. The first-order valence-corrected chi connectivity index (χ1v) is 7.02. The lowest BCUT2D eigenvalue weighted by Gasteiger charge is -2.40. The van der Waals surface area contributed by atoms with Crippen molar-refractivity contribution < 1.29 is 9.59 Å². The van der Waals surface area contributed by atoms with Gasteiger partial charge in [-0.1, -0.05) is 44.2 Å². The quantitative estimate of drug-likeness (QED) is 0.890. The number of nitrogens with one attached hydrogen (secondary N) is 1. The van der Waals surface area contributed by atoms with Gasteiger partial charge in [-0.3, -0.25) is 9.59 Å². The van der Waals surface area contributed by atoms with Gasteiger partial charge in [-0.05, 0) is 24.3 Å². The van der Waals surface area contributed by atoms with Gasteiger partial charge in [0, 0.05) is 6.04 Å². The third-order valence-electron chi connectivity index (χ3n) is 4.58. The van der Waals surface area contributed by atoms with Gasteiger partial charge in [-0.25, -0.2) is 0 Å². The highest BCUT2D eigenvalue weighted by atomic mass is 16.2. The smallest absolute Gasteiger partial charge is 0.253 e. The number of carbonyl (C=O) groups is 2. The number of amides is 2. The lowest BCUT2D eigenvalue weighted by atomic mass is 9.88. The van der Waals surface area contributed by atoms with E-state index < -0.39 is 5.54 Å². The van der Waals surface area contributed by atoms with E-state index in [1.807, 2.05) is 30.3 Å². The van der Waals surface area contributed by atoms with Crippen LogP contribution >= 0.6 is 0 Å². The molecule has 0 spiro atoms. The van der Waals surface area contributed by atoms with E-state index in [-0.39, 0.29) is 29.8 Å². The zero-order valence-corrected chi connectivity index (χ0v) is 12.1. The Bertz CT molecular complexity index is 567. The van der Waals surface area contributed by atoms with Crippen LogP contribution in [0, 0.1) is 5.41 Å². The van der Waals surface area contributed by atoms with E-state index in [4.69, 9.17) is 0 Å². The first-order chi connectivity index (χ1) is 9.34. The van der Waals surface area contributed by atoms with Crippen LogP contribution in [0.3, 0.4) is 0 Å². The highest BCUT2D eigenvalue weighted by Crippen LogP contribution is 2.49. The van der Waals surface area contributed by atoms with Gasteiger partial charge < -0.3 is 10.2 Å². The van der Waals surface area contributed by atoms with Crippen LogP contribution in [0.1, 0.15) is 32.8 Å². The molecule has 0 aromatic heterocycles. The van der Waals surface area contributed by atoms with Crippen LogP contribution in [0.5, 0.6) is 0 Å². The molecule has 1 heterocycles. The van der Waals surface area contributed by atoms with Crippen LogP contribution in [0.4, 0.5) is 0 Å². The second-order valence-corrected chi connectivity index (χ2v) is 6.68. The molecule has 3 rings (SSSR count). The van der Waals surface area contributed by atoms with E-state index in [0.29, 0.717) is 0 Å². The van der Waals surface area contributed by atoms with Crippen molar-refractivity contribution in [2.45, 2.75) is 38.8 Å². The van der Waals surface area contributed by atoms with Crippen LogP contribution in [0.25, 0.3) is 0 Å². The van der Waals surface area contributed by atoms with Crippen molar-refractivity contribution in [1.82, 2.24) is 10.2 Å². The van der Waals surface area contributed by atoms with E-state index in [0.717, 1.165) is 12.0 Å². The number of benzene rings is 1. The highest BCUT2D eigenvalue weighted by Gasteiger charge is 2.56. The molecule has 1 N–H and O–H groups in total. The molecule has 106 valence electrons. The molecule has 20 heavy (non-hydrogen) atoms. The summed E-state index contributed by atoms with van der Waals surface area (Å²) >= 11 is 0. The minimum Gasteiger partial charge on any atom is -0.337 e. The van der Waals surface area contributed by atoms with Crippen molar-refractivity contribution in [1.29, 1.82) is 0 Å². The molecule has 2 fully saturated rings. The van der Waals surface area contributed by atoms with Gasteiger partial charge in [-0.15, -0.1) is 0 Å². The maximum Gasteiger partial charge on any atom is 0.253 e. The topological polar surface area (TPSA) is 49.4 Å².